The van der Waals surface area contributed by atoms with E-state index in [1.807, 2.05) is 24.3 Å². The Balaban J connectivity index is 2.19. The molecule has 0 spiro atoms. The van der Waals surface area contributed by atoms with Crippen LogP contribution >= 0.6 is 11.6 Å². The number of aromatic nitrogens is 1. The van der Waals surface area contributed by atoms with Crippen molar-refractivity contribution in [3.63, 3.8) is 0 Å². The largest absolute Gasteiger partial charge is 0.322 e. The molecule has 0 atom stereocenters. The van der Waals surface area contributed by atoms with E-state index >= 15 is 0 Å². The molecule has 0 radical (unpaired) electrons. The Morgan fingerprint density at radius 3 is 2.94 bits per heavy atom. The van der Waals surface area contributed by atoms with E-state index in [1.54, 1.807) is 12.3 Å². The summed E-state index contributed by atoms with van der Waals surface area (Å²) >= 11 is 5.92. The molecule has 0 aliphatic heterocycles. The number of carbonyl (C=O) groups is 1. The second-order valence-corrected chi connectivity index (χ2v) is 4.27. The van der Waals surface area contributed by atoms with Crippen LogP contribution in [0.25, 0.3) is 0 Å². The van der Waals surface area contributed by atoms with Crippen LogP contribution in [0.4, 0.5) is 5.69 Å². The van der Waals surface area contributed by atoms with E-state index in [9.17, 15) is 4.79 Å². The predicted molar refractivity (Wildman–Crippen MR) is 73.0 cm³/mol. The van der Waals surface area contributed by atoms with Crippen LogP contribution in [-0.4, -0.2) is 10.9 Å². The first-order valence-electron chi connectivity index (χ1n) is 5.70. The summed E-state index contributed by atoms with van der Waals surface area (Å²) in [6.07, 6.45) is 3.93. The highest BCUT2D eigenvalue weighted by Crippen LogP contribution is 2.17. The normalized spacial score (nSPS) is 10.1. The average Bonchev–Trinajstić information content (AvgIpc) is 2.39. The second-order valence-electron chi connectivity index (χ2n) is 3.86. The number of benzene rings is 1. The predicted octanol–water partition coefficient (Wildman–Crippen LogP) is 3.55. The van der Waals surface area contributed by atoms with Gasteiger partial charge in [0.05, 0.1) is 10.6 Å². The fourth-order valence-corrected chi connectivity index (χ4v) is 1.83. The maximum Gasteiger partial charge on any atom is 0.257 e. The summed E-state index contributed by atoms with van der Waals surface area (Å²) in [5.41, 5.74) is 2.37. The number of hydrogen-bond acceptors (Lipinski definition) is 2. The Hall–Kier alpha value is -1.87. The fraction of sp³-hybridized carbons (Fsp3) is 0.143. The van der Waals surface area contributed by atoms with Gasteiger partial charge in [-0.2, -0.15) is 0 Å². The van der Waals surface area contributed by atoms with Gasteiger partial charge < -0.3 is 5.32 Å². The highest BCUT2D eigenvalue weighted by molar-refractivity contribution is 6.34. The molecule has 0 unspecified atom stereocenters. The van der Waals surface area contributed by atoms with Gasteiger partial charge in [-0.05, 0) is 30.2 Å². The molecule has 2 aromatic rings. The van der Waals surface area contributed by atoms with Crippen LogP contribution in [0, 0.1) is 0 Å². The highest BCUT2D eigenvalue weighted by atomic mass is 35.5. The molecular formula is C14H13ClN2O. The summed E-state index contributed by atoms with van der Waals surface area (Å²) < 4.78 is 0. The van der Waals surface area contributed by atoms with Crippen molar-refractivity contribution in [1.29, 1.82) is 0 Å². The van der Waals surface area contributed by atoms with Gasteiger partial charge in [0.15, 0.2) is 0 Å². The molecule has 0 aliphatic carbocycles. The van der Waals surface area contributed by atoms with Crippen molar-refractivity contribution >= 4 is 23.2 Å². The average molecular weight is 261 g/mol. The van der Waals surface area contributed by atoms with Crippen LogP contribution in [0.1, 0.15) is 22.8 Å². The molecule has 18 heavy (non-hydrogen) atoms. The van der Waals surface area contributed by atoms with Gasteiger partial charge in [-0.15, -0.1) is 0 Å². The summed E-state index contributed by atoms with van der Waals surface area (Å²) in [5, 5.41) is 3.17. The monoisotopic (exact) mass is 260 g/mol. The molecule has 0 saturated carbocycles. The van der Waals surface area contributed by atoms with E-state index in [2.05, 4.69) is 17.2 Å². The smallest absolute Gasteiger partial charge is 0.257 e. The third-order valence-electron chi connectivity index (χ3n) is 2.61. The molecule has 1 aromatic heterocycles. The van der Waals surface area contributed by atoms with Gasteiger partial charge in [-0.1, -0.05) is 30.7 Å². The third kappa shape index (κ3) is 2.87. The summed E-state index contributed by atoms with van der Waals surface area (Å²) in [6.45, 7) is 2.07. The Morgan fingerprint density at radius 1 is 1.39 bits per heavy atom. The molecule has 1 N–H and O–H groups in total. The van der Waals surface area contributed by atoms with E-state index in [0.29, 0.717) is 10.6 Å². The van der Waals surface area contributed by atoms with Crippen LogP contribution in [0.5, 0.6) is 0 Å². The van der Waals surface area contributed by atoms with E-state index in [1.165, 1.54) is 11.8 Å². The van der Waals surface area contributed by atoms with Gasteiger partial charge in [0.2, 0.25) is 0 Å². The Bertz CT molecular complexity index is 569. The van der Waals surface area contributed by atoms with Crippen LogP contribution in [0.2, 0.25) is 5.02 Å². The number of halogens is 1. The lowest BCUT2D eigenvalue weighted by molar-refractivity contribution is 0.102. The van der Waals surface area contributed by atoms with E-state index in [0.717, 1.165) is 12.1 Å². The van der Waals surface area contributed by atoms with Crippen molar-refractivity contribution in [2.24, 2.45) is 0 Å². The lowest BCUT2D eigenvalue weighted by Crippen LogP contribution is -2.12. The van der Waals surface area contributed by atoms with Crippen molar-refractivity contribution in [2.75, 3.05) is 5.32 Å². The third-order valence-corrected chi connectivity index (χ3v) is 2.91. The second kappa shape index (κ2) is 5.65. The summed E-state index contributed by atoms with van der Waals surface area (Å²) in [5.74, 6) is -0.226. The standard InChI is InChI=1S/C14H13ClN2O/c1-2-10-4-3-5-11(8-10)17-14(18)12-6-7-16-9-13(12)15/h3-9H,2H2,1H3,(H,17,18). The zero-order valence-corrected chi connectivity index (χ0v) is 10.7. The van der Waals surface area contributed by atoms with Gasteiger partial charge in [0, 0.05) is 18.1 Å². The highest BCUT2D eigenvalue weighted by Gasteiger charge is 2.10. The first-order chi connectivity index (χ1) is 8.70. The number of anilines is 1. The number of nitrogens with one attached hydrogen (secondary N) is 1. The summed E-state index contributed by atoms with van der Waals surface area (Å²) in [4.78, 5) is 15.9. The zero-order chi connectivity index (χ0) is 13.0. The van der Waals surface area contributed by atoms with E-state index in [-0.39, 0.29) is 5.91 Å². The van der Waals surface area contributed by atoms with Gasteiger partial charge in [0.25, 0.3) is 5.91 Å². The maximum atomic E-state index is 12.0. The summed E-state index contributed by atoms with van der Waals surface area (Å²) in [7, 11) is 0. The van der Waals surface area contributed by atoms with Crippen LogP contribution in [0.15, 0.2) is 42.7 Å². The van der Waals surface area contributed by atoms with Crippen LogP contribution in [0.3, 0.4) is 0 Å². The molecule has 0 bridgehead atoms. The molecule has 1 amide bonds. The molecular weight excluding hydrogens is 248 g/mol. The van der Waals surface area contributed by atoms with E-state index in [4.69, 9.17) is 11.6 Å². The number of hydrogen-bond donors (Lipinski definition) is 1. The Labute approximate surface area is 111 Å². The molecule has 2 rings (SSSR count). The first-order valence-corrected chi connectivity index (χ1v) is 6.08. The molecule has 92 valence electrons. The number of aryl methyl sites for hydroxylation is 1. The van der Waals surface area contributed by atoms with Gasteiger partial charge in [-0.3, -0.25) is 9.78 Å². The van der Waals surface area contributed by atoms with Crippen LogP contribution < -0.4 is 5.32 Å². The van der Waals surface area contributed by atoms with Crippen molar-refractivity contribution in [3.05, 3.63) is 58.9 Å². The topological polar surface area (TPSA) is 42.0 Å². The minimum Gasteiger partial charge on any atom is -0.322 e. The van der Waals surface area contributed by atoms with Gasteiger partial charge in [-0.25, -0.2) is 0 Å². The van der Waals surface area contributed by atoms with Crippen LogP contribution in [-0.2, 0) is 6.42 Å². The fourth-order valence-electron chi connectivity index (χ4n) is 1.63. The number of amides is 1. The Kier molecular flexibility index (Phi) is 3.95. The van der Waals surface area contributed by atoms with Crippen molar-refractivity contribution < 1.29 is 4.79 Å². The number of nitrogens with zero attached hydrogens (tertiary/aromatic N) is 1. The first kappa shape index (κ1) is 12.6. The van der Waals surface area contributed by atoms with E-state index < -0.39 is 0 Å². The quantitative estimate of drug-likeness (QED) is 0.917. The Morgan fingerprint density at radius 2 is 2.22 bits per heavy atom. The van der Waals surface area contributed by atoms with Gasteiger partial charge in [0.1, 0.15) is 0 Å². The minimum atomic E-state index is -0.226. The SMILES string of the molecule is CCc1cccc(NC(=O)c2ccncc2Cl)c1. The maximum absolute atomic E-state index is 12.0. The number of carbonyl (C=O) groups excluding carboxylic acids is 1. The minimum absolute atomic E-state index is 0.226. The lowest BCUT2D eigenvalue weighted by atomic mass is 10.1. The zero-order valence-electron chi connectivity index (χ0n) is 9.98. The number of rotatable bonds is 3. The molecule has 0 aliphatic rings. The molecule has 4 heteroatoms. The lowest BCUT2D eigenvalue weighted by Gasteiger charge is -2.07. The molecule has 1 aromatic carbocycles. The van der Waals surface area contributed by atoms with Crippen molar-refractivity contribution in [2.45, 2.75) is 13.3 Å². The van der Waals surface area contributed by atoms with Gasteiger partial charge >= 0.3 is 0 Å². The molecule has 0 fully saturated rings. The molecule has 3 nitrogen and oxygen atoms in total. The summed E-state index contributed by atoms with van der Waals surface area (Å²) in [6, 6.07) is 9.35. The molecule has 1 heterocycles. The van der Waals surface area contributed by atoms with Crippen molar-refractivity contribution in [3.8, 4) is 0 Å². The molecule has 0 saturated heterocycles. The number of pyridine rings is 1. The van der Waals surface area contributed by atoms with Crippen molar-refractivity contribution in [1.82, 2.24) is 4.98 Å².